The fourth-order valence-electron chi connectivity index (χ4n) is 3.69. The van der Waals surface area contributed by atoms with Gasteiger partial charge in [-0.3, -0.25) is 20.1 Å². The molecular weight excluding hydrogens is 458 g/mol. The summed E-state index contributed by atoms with van der Waals surface area (Å²) in [6.07, 6.45) is 1.83. The summed E-state index contributed by atoms with van der Waals surface area (Å²) in [5, 5.41) is 6.28. The number of aliphatic imine (C=N–C) groups is 1. The Morgan fingerprint density at radius 3 is 2.62 bits per heavy atom. The zero-order chi connectivity index (χ0) is 24.7. The maximum absolute atomic E-state index is 14.7. The van der Waals surface area contributed by atoms with E-state index in [4.69, 9.17) is 4.84 Å². The predicted molar refractivity (Wildman–Crippen MR) is 132 cm³/mol. The van der Waals surface area contributed by atoms with Crippen molar-refractivity contribution in [1.82, 2.24) is 10.5 Å². The van der Waals surface area contributed by atoms with Gasteiger partial charge in [0, 0.05) is 24.4 Å². The summed E-state index contributed by atoms with van der Waals surface area (Å²) >= 11 is 1.28. The van der Waals surface area contributed by atoms with Gasteiger partial charge in [-0.15, -0.1) is 0 Å². The van der Waals surface area contributed by atoms with E-state index in [0.717, 1.165) is 29.6 Å². The van der Waals surface area contributed by atoms with Gasteiger partial charge in [0.2, 0.25) is 5.91 Å². The molecule has 2 aromatic carbocycles. The van der Waals surface area contributed by atoms with Crippen LogP contribution in [0.3, 0.4) is 0 Å². The Labute approximate surface area is 203 Å². The van der Waals surface area contributed by atoms with Crippen molar-refractivity contribution in [2.24, 2.45) is 16.0 Å². The first-order chi connectivity index (χ1) is 16.3. The lowest BCUT2D eigenvalue weighted by molar-refractivity contribution is -0.138. The topological polar surface area (TPSA) is 66.3 Å². The van der Waals surface area contributed by atoms with Crippen LogP contribution in [0.1, 0.15) is 51.2 Å². The molecule has 1 amide bonds. The van der Waals surface area contributed by atoms with Crippen LogP contribution in [0.4, 0.5) is 8.78 Å². The zero-order valence-electron chi connectivity index (χ0n) is 19.8. The van der Waals surface area contributed by atoms with Gasteiger partial charge in [-0.1, -0.05) is 62.9 Å². The molecule has 2 aromatic rings. The zero-order valence-corrected chi connectivity index (χ0v) is 20.7. The van der Waals surface area contributed by atoms with E-state index < -0.39 is 16.5 Å². The van der Waals surface area contributed by atoms with Crippen LogP contribution in [0.2, 0.25) is 0 Å². The third-order valence-corrected chi connectivity index (χ3v) is 6.86. The first-order valence-corrected chi connectivity index (χ1v) is 12.1. The van der Waals surface area contributed by atoms with Gasteiger partial charge >= 0.3 is 0 Å². The molecule has 1 aliphatic heterocycles. The molecule has 1 aliphatic rings. The fourth-order valence-corrected chi connectivity index (χ4v) is 5.11. The van der Waals surface area contributed by atoms with E-state index in [9.17, 15) is 13.6 Å². The second-order valence-corrected chi connectivity index (χ2v) is 9.44. The summed E-state index contributed by atoms with van der Waals surface area (Å²) in [5.74, 6) is -0.951. The van der Waals surface area contributed by atoms with Gasteiger partial charge in [-0.05, 0) is 36.6 Å². The highest BCUT2D eigenvalue weighted by Gasteiger charge is 2.49. The number of hydrazone groups is 1. The average Bonchev–Trinajstić information content (AvgIpc) is 3.23. The Balaban J connectivity index is 2.02. The van der Waals surface area contributed by atoms with Crippen LogP contribution in [-0.2, 0) is 14.5 Å². The van der Waals surface area contributed by atoms with E-state index >= 15 is 0 Å². The number of carbonyl (C=O) groups excluding carboxylic acids is 1. The standard InChI is InChI=1S/C25H30F2N4O2S/c1-5-22(30-33-4)28-15-9-14-25(18-10-7-6-8-11-18)31(24(32)17(2)3)29-23(34-25)20-16-19(26)12-13-21(20)27/h6-8,10-13,16-17H,5,9,14-15H2,1-4H3,(H,28,30). The minimum atomic E-state index is -0.909. The minimum Gasteiger partial charge on any atom is -0.278 e. The largest absolute Gasteiger partial charge is 0.278 e. The molecule has 0 saturated carbocycles. The number of hydroxylamine groups is 1. The summed E-state index contributed by atoms with van der Waals surface area (Å²) in [6.45, 7) is 6.07. The molecule has 3 rings (SSSR count). The van der Waals surface area contributed by atoms with Crippen molar-refractivity contribution in [3.63, 3.8) is 0 Å². The number of nitrogens with one attached hydrogen (secondary N) is 1. The van der Waals surface area contributed by atoms with Crippen molar-refractivity contribution in [3.05, 3.63) is 71.3 Å². The van der Waals surface area contributed by atoms with E-state index in [1.165, 1.54) is 23.9 Å². The predicted octanol–water partition coefficient (Wildman–Crippen LogP) is 5.45. The highest BCUT2D eigenvalue weighted by atomic mass is 32.2. The van der Waals surface area contributed by atoms with E-state index in [2.05, 4.69) is 15.6 Å². The lowest BCUT2D eigenvalue weighted by Gasteiger charge is -2.36. The summed E-state index contributed by atoms with van der Waals surface area (Å²) in [5.41, 5.74) is 3.67. The molecule has 1 N–H and O–H groups in total. The smallest absolute Gasteiger partial charge is 0.246 e. The lowest BCUT2D eigenvalue weighted by Crippen LogP contribution is -2.43. The van der Waals surface area contributed by atoms with Crippen LogP contribution in [0, 0.1) is 17.6 Å². The second-order valence-electron chi connectivity index (χ2n) is 8.18. The van der Waals surface area contributed by atoms with Crippen LogP contribution in [0.25, 0.3) is 0 Å². The van der Waals surface area contributed by atoms with Gasteiger partial charge in [-0.2, -0.15) is 5.10 Å². The van der Waals surface area contributed by atoms with E-state index in [1.54, 1.807) is 13.8 Å². The van der Waals surface area contributed by atoms with Crippen LogP contribution in [0.5, 0.6) is 0 Å². The van der Waals surface area contributed by atoms with Crippen molar-refractivity contribution in [1.29, 1.82) is 0 Å². The third kappa shape index (κ3) is 5.64. The number of thioether (sulfide) groups is 1. The number of hydrogen-bond donors (Lipinski definition) is 1. The minimum absolute atomic E-state index is 0.0416. The van der Waals surface area contributed by atoms with Crippen molar-refractivity contribution < 1.29 is 18.4 Å². The molecule has 9 heteroatoms. The molecule has 182 valence electrons. The van der Waals surface area contributed by atoms with Crippen molar-refractivity contribution in [2.75, 3.05) is 13.7 Å². The van der Waals surface area contributed by atoms with Gasteiger partial charge in [0.1, 0.15) is 27.4 Å². The monoisotopic (exact) mass is 488 g/mol. The number of benzene rings is 2. The third-order valence-electron chi connectivity index (χ3n) is 5.42. The van der Waals surface area contributed by atoms with Gasteiger partial charge in [-0.25, -0.2) is 13.8 Å². The first-order valence-electron chi connectivity index (χ1n) is 11.3. The van der Waals surface area contributed by atoms with E-state index in [1.807, 2.05) is 37.3 Å². The van der Waals surface area contributed by atoms with Crippen molar-refractivity contribution in [3.8, 4) is 0 Å². The Morgan fingerprint density at radius 1 is 1.24 bits per heavy atom. The van der Waals surface area contributed by atoms with Gasteiger partial charge in [0.25, 0.3) is 0 Å². The Bertz CT molecular complexity index is 1060. The molecule has 0 bridgehead atoms. The molecule has 1 unspecified atom stereocenters. The second kappa shape index (κ2) is 11.6. The summed E-state index contributed by atoms with van der Waals surface area (Å²) in [7, 11) is 1.53. The SMILES string of the molecule is CCC(=NCCCC1(c2ccccc2)SC(c2cc(F)ccc2F)=NN1C(=O)C(C)C)NOC. The molecule has 0 radical (unpaired) electrons. The molecule has 34 heavy (non-hydrogen) atoms. The highest BCUT2D eigenvalue weighted by molar-refractivity contribution is 8.15. The van der Waals surface area contributed by atoms with Gasteiger partial charge in [0.15, 0.2) is 0 Å². The number of hydrogen-bond acceptors (Lipinski definition) is 5. The lowest BCUT2D eigenvalue weighted by atomic mass is 9.99. The molecule has 0 saturated heterocycles. The van der Waals surface area contributed by atoms with E-state index in [-0.39, 0.29) is 22.4 Å². The Morgan fingerprint density at radius 2 is 1.97 bits per heavy atom. The van der Waals surface area contributed by atoms with Crippen LogP contribution in [0.15, 0.2) is 58.6 Å². The molecule has 0 fully saturated rings. The van der Waals surface area contributed by atoms with Crippen LogP contribution < -0.4 is 5.48 Å². The summed E-state index contributed by atoms with van der Waals surface area (Å²) in [4.78, 5) is 21.9. The first kappa shape index (κ1) is 25.8. The number of halogens is 2. The maximum Gasteiger partial charge on any atom is 0.246 e. The van der Waals surface area contributed by atoms with Gasteiger partial charge < -0.3 is 0 Å². The Hall–Kier alpha value is -2.78. The average molecular weight is 489 g/mol. The number of nitrogens with zero attached hydrogens (tertiary/aromatic N) is 3. The number of amides is 1. The molecule has 0 aromatic heterocycles. The number of rotatable bonds is 9. The maximum atomic E-state index is 14.7. The molecule has 1 atom stereocenters. The van der Waals surface area contributed by atoms with Crippen molar-refractivity contribution in [2.45, 2.75) is 44.9 Å². The fraction of sp³-hybridized carbons (Fsp3) is 0.400. The molecule has 0 aliphatic carbocycles. The quantitative estimate of drug-likeness (QED) is 0.221. The Kier molecular flexibility index (Phi) is 8.79. The summed E-state index contributed by atoms with van der Waals surface area (Å²) < 4.78 is 28.6. The normalized spacial score (nSPS) is 18.4. The molecule has 1 heterocycles. The van der Waals surface area contributed by atoms with E-state index in [0.29, 0.717) is 25.8 Å². The highest BCUT2D eigenvalue weighted by Crippen LogP contribution is 2.51. The van der Waals surface area contributed by atoms with Gasteiger partial charge in [0.05, 0.1) is 7.11 Å². The molecule has 0 spiro atoms. The molecular formula is C25H30F2N4O2S. The number of amidine groups is 1. The summed E-state index contributed by atoms with van der Waals surface area (Å²) in [6, 6.07) is 12.8. The number of carbonyl (C=O) groups is 1. The van der Waals surface area contributed by atoms with Crippen molar-refractivity contribution >= 4 is 28.5 Å². The van der Waals surface area contributed by atoms with Crippen LogP contribution >= 0.6 is 11.8 Å². The van der Waals surface area contributed by atoms with Crippen LogP contribution in [-0.4, -0.2) is 35.4 Å². The molecule has 6 nitrogen and oxygen atoms in total.